The van der Waals surface area contributed by atoms with Gasteiger partial charge in [0, 0.05) is 39.7 Å². The Bertz CT molecular complexity index is 2110. The Morgan fingerprint density at radius 2 is 1.60 bits per heavy atom. The number of para-hydroxylation sites is 2. The molecule has 0 amide bonds. The first-order valence-electron chi connectivity index (χ1n) is 13.6. The molecule has 2 aliphatic rings. The molecule has 0 unspecified atom stereocenters. The first kappa shape index (κ1) is 22.7. The number of rotatable bonds is 3. The van der Waals surface area contributed by atoms with Crippen LogP contribution >= 0.6 is 0 Å². The topological polar surface area (TPSA) is 43.9 Å². The Balaban J connectivity index is 1.26. The van der Waals surface area contributed by atoms with Crippen LogP contribution in [0.4, 0.5) is 0 Å². The second-order valence-corrected chi connectivity index (χ2v) is 10.2. The van der Waals surface area contributed by atoms with Crippen molar-refractivity contribution in [2.75, 3.05) is 0 Å². The van der Waals surface area contributed by atoms with Gasteiger partial charge in [0.25, 0.3) is 0 Å². The number of nitrogens with zero attached hydrogens (tertiary/aromatic N) is 3. The van der Waals surface area contributed by atoms with E-state index in [0.717, 1.165) is 51.9 Å². The second-order valence-electron chi connectivity index (χ2n) is 10.2. The average Bonchev–Trinajstić information content (AvgIpc) is 3.27. The molecule has 0 atom stereocenters. The highest BCUT2D eigenvalue weighted by molar-refractivity contribution is 6.06. The summed E-state index contributed by atoms with van der Waals surface area (Å²) in [6.07, 6.45) is 21.1. The first-order chi connectivity index (χ1) is 19.8. The van der Waals surface area contributed by atoms with Gasteiger partial charge in [-0.05, 0) is 54.0 Å². The summed E-state index contributed by atoms with van der Waals surface area (Å²) in [6, 6.07) is 25.3. The highest BCUT2D eigenvalue weighted by Crippen LogP contribution is 2.37. The zero-order chi connectivity index (χ0) is 26.5. The Kier molecular flexibility index (Phi) is 5.23. The van der Waals surface area contributed by atoms with Crippen LogP contribution < -0.4 is 0 Å². The molecule has 40 heavy (non-hydrogen) atoms. The van der Waals surface area contributed by atoms with E-state index < -0.39 is 0 Å². The summed E-state index contributed by atoms with van der Waals surface area (Å²) in [7, 11) is 0. The van der Waals surface area contributed by atoms with E-state index in [0.29, 0.717) is 0 Å². The fourth-order valence-corrected chi connectivity index (χ4v) is 5.99. The molecule has 3 aromatic carbocycles. The molecule has 6 aromatic rings. The SMILES string of the molecule is C1=CCC(c2cccc(-c3ncnc4c3oc3ccccc34)c2)=CC(n2c3c(c4ccccc42)C=CC=CC3)=C1. The third-order valence-electron chi connectivity index (χ3n) is 7.82. The van der Waals surface area contributed by atoms with Crippen molar-refractivity contribution in [3.8, 4) is 11.3 Å². The summed E-state index contributed by atoms with van der Waals surface area (Å²) in [5, 5.41) is 2.29. The minimum Gasteiger partial charge on any atom is -0.452 e. The van der Waals surface area contributed by atoms with Crippen LogP contribution in [0.15, 0.2) is 126 Å². The van der Waals surface area contributed by atoms with Gasteiger partial charge < -0.3 is 8.98 Å². The lowest BCUT2D eigenvalue weighted by Gasteiger charge is -2.14. The van der Waals surface area contributed by atoms with Crippen molar-refractivity contribution in [3.05, 3.63) is 138 Å². The minimum absolute atomic E-state index is 0.721. The summed E-state index contributed by atoms with van der Waals surface area (Å²) in [5.74, 6) is 0. The predicted octanol–water partition coefficient (Wildman–Crippen LogP) is 9.01. The van der Waals surface area contributed by atoms with Crippen molar-refractivity contribution in [2.45, 2.75) is 12.8 Å². The summed E-state index contributed by atoms with van der Waals surface area (Å²) in [5.41, 5.74) is 11.6. The molecular formula is C36H25N3O. The van der Waals surface area contributed by atoms with Gasteiger partial charge >= 0.3 is 0 Å². The van der Waals surface area contributed by atoms with Gasteiger partial charge in [0.15, 0.2) is 5.58 Å². The van der Waals surface area contributed by atoms with Crippen molar-refractivity contribution < 1.29 is 4.42 Å². The van der Waals surface area contributed by atoms with Crippen molar-refractivity contribution in [1.82, 2.24) is 14.5 Å². The molecule has 0 saturated heterocycles. The smallest absolute Gasteiger partial charge is 0.180 e. The van der Waals surface area contributed by atoms with Crippen LogP contribution in [-0.4, -0.2) is 14.5 Å². The lowest BCUT2D eigenvalue weighted by molar-refractivity contribution is 0.667. The molecule has 0 saturated carbocycles. The Hall–Kier alpha value is -5.22. The number of fused-ring (bicyclic) bond motifs is 6. The molecule has 3 heterocycles. The minimum atomic E-state index is 0.721. The van der Waals surface area contributed by atoms with Crippen molar-refractivity contribution >= 4 is 50.3 Å². The van der Waals surface area contributed by atoms with Crippen molar-refractivity contribution in [3.63, 3.8) is 0 Å². The maximum absolute atomic E-state index is 6.24. The molecule has 4 nitrogen and oxygen atoms in total. The Morgan fingerprint density at radius 1 is 0.750 bits per heavy atom. The zero-order valence-corrected chi connectivity index (χ0v) is 21.8. The molecule has 0 fully saturated rings. The van der Waals surface area contributed by atoms with Gasteiger partial charge in [-0.15, -0.1) is 0 Å². The third kappa shape index (κ3) is 3.61. The molecule has 0 spiro atoms. The van der Waals surface area contributed by atoms with E-state index in [-0.39, 0.29) is 0 Å². The van der Waals surface area contributed by atoms with Crippen LogP contribution in [0.3, 0.4) is 0 Å². The average molecular weight is 516 g/mol. The largest absolute Gasteiger partial charge is 0.452 e. The van der Waals surface area contributed by atoms with E-state index in [9.17, 15) is 0 Å². The number of hydrogen-bond acceptors (Lipinski definition) is 3. The fourth-order valence-electron chi connectivity index (χ4n) is 5.99. The van der Waals surface area contributed by atoms with Gasteiger partial charge in [-0.1, -0.05) is 85.0 Å². The van der Waals surface area contributed by atoms with Crippen LogP contribution in [0.25, 0.3) is 61.6 Å². The molecule has 0 aliphatic heterocycles. The molecule has 4 heteroatoms. The maximum atomic E-state index is 6.24. The lowest BCUT2D eigenvalue weighted by atomic mass is 9.98. The van der Waals surface area contributed by atoms with Crippen LogP contribution in [0.1, 0.15) is 23.2 Å². The summed E-state index contributed by atoms with van der Waals surface area (Å²) >= 11 is 0. The Morgan fingerprint density at radius 3 is 2.58 bits per heavy atom. The van der Waals surface area contributed by atoms with Crippen molar-refractivity contribution in [1.29, 1.82) is 0 Å². The van der Waals surface area contributed by atoms with Crippen LogP contribution in [0.2, 0.25) is 0 Å². The van der Waals surface area contributed by atoms with Gasteiger partial charge in [-0.2, -0.15) is 0 Å². The van der Waals surface area contributed by atoms with E-state index in [2.05, 4.69) is 112 Å². The predicted molar refractivity (Wildman–Crippen MR) is 165 cm³/mol. The van der Waals surface area contributed by atoms with Crippen LogP contribution in [0.5, 0.6) is 0 Å². The molecule has 190 valence electrons. The van der Waals surface area contributed by atoms with Gasteiger partial charge in [0.1, 0.15) is 23.1 Å². The Labute approximate surface area is 231 Å². The quantitative estimate of drug-likeness (QED) is 0.236. The lowest BCUT2D eigenvalue weighted by Crippen LogP contribution is -2.01. The monoisotopic (exact) mass is 515 g/mol. The zero-order valence-electron chi connectivity index (χ0n) is 21.8. The molecule has 8 rings (SSSR count). The molecule has 0 radical (unpaired) electrons. The number of furan rings is 1. The number of allylic oxidation sites excluding steroid dienone is 9. The van der Waals surface area contributed by atoms with Gasteiger partial charge in [-0.3, -0.25) is 0 Å². The van der Waals surface area contributed by atoms with Gasteiger partial charge in [-0.25, -0.2) is 9.97 Å². The second kappa shape index (κ2) is 9.21. The van der Waals surface area contributed by atoms with Crippen molar-refractivity contribution in [2.24, 2.45) is 0 Å². The van der Waals surface area contributed by atoms with Crippen LogP contribution in [0, 0.1) is 0 Å². The normalized spacial score (nSPS) is 14.8. The number of benzene rings is 3. The van der Waals surface area contributed by atoms with Crippen LogP contribution in [-0.2, 0) is 6.42 Å². The van der Waals surface area contributed by atoms with E-state index in [1.54, 1.807) is 6.33 Å². The first-order valence-corrected chi connectivity index (χ1v) is 13.6. The maximum Gasteiger partial charge on any atom is 0.180 e. The molecule has 0 bridgehead atoms. The molecule has 3 aromatic heterocycles. The van der Waals surface area contributed by atoms with E-state index in [4.69, 9.17) is 4.42 Å². The summed E-state index contributed by atoms with van der Waals surface area (Å²) in [4.78, 5) is 9.20. The summed E-state index contributed by atoms with van der Waals surface area (Å²) in [6.45, 7) is 0. The van der Waals surface area contributed by atoms with Gasteiger partial charge in [0.05, 0.1) is 5.52 Å². The highest BCUT2D eigenvalue weighted by atomic mass is 16.3. The number of aromatic nitrogens is 3. The van der Waals surface area contributed by atoms with E-state index >= 15 is 0 Å². The molecular weight excluding hydrogens is 490 g/mol. The third-order valence-corrected chi connectivity index (χ3v) is 7.82. The van der Waals surface area contributed by atoms with E-state index in [1.165, 1.54) is 33.3 Å². The summed E-state index contributed by atoms with van der Waals surface area (Å²) < 4.78 is 8.66. The fraction of sp³-hybridized carbons (Fsp3) is 0.0556. The molecule has 2 aliphatic carbocycles. The standard InChI is InChI=1S/C36H25N3O/c1-2-15-28-29-16-6-8-19-32(29)39(31(28)18-3-1)27-14-5-4-11-25(22-27)24-12-10-13-26(21-24)34-36-35(38-23-37-34)30-17-7-9-20-33(30)40-36/h1-10,12-17,19-23H,11,18H2. The van der Waals surface area contributed by atoms with Gasteiger partial charge in [0.2, 0.25) is 0 Å². The number of hydrogen-bond donors (Lipinski definition) is 0. The molecule has 0 N–H and O–H groups in total. The highest BCUT2D eigenvalue weighted by Gasteiger charge is 2.19. The van der Waals surface area contributed by atoms with E-state index in [1.807, 2.05) is 24.3 Å².